The average Bonchev–Trinajstić information content (AvgIpc) is 2.65. The molecule has 0 aliphatic carbocycles. The van der Waals surface area contributed by atoms with E-state index in [9.17, 15) is 21.6 Å². The highest BCUT2D eigenvalue weighted by molar-refractivity contribution is 7.92. The van der Waals surface area contributed by atoms with E-state index < -0.39 is 19.9 Å². The molecular weight excluding hydrogens is 400 g/mol. The molecule has 0 heterocycles. The van der Waals surface area contributed by atoms with E-state index in [-0.39, 0.29) is 22.6 Å². The lowest BCUT2D eigenvalue weighted by Gasteiger charge is -2.18. The fourth-order valence-electron chi connectivity index (χ4n) is 2.55. The molecule has 2 aromatic rings. The van der Waals surface area contributed by atoms with Crippen LogP contribution in [0.2, 0.25) is 0 Å². The van der Waals surface area contributed by atoms with Crippen LogP contribution in [0.3, 0.4) is 0 Å². The van der Waals surface area contributed by atoms with E-state index in [2.05, 4.69) is 10.0 Å². The molecule has 2 aromatic carbocycles. The summed E-state index contributed by atoms with van der Waals surface area (Å²) in [4.78, 5) is 12.7. The van der Waals surface area contributed by atoms with Crippen LogP contribution in [0.25, 0.3) is 0 Å². The number of anilines is 1. The van der Waals surface area contributed by atoms with Crippen LogP contribution in [0.1, 0.15) is 42.2 Å². The summed E-state index contributed by atoms with van der Waals surface area (Å²) in [6.07, 6.45) is 1.77. The quantitative estimate of drug-likeness (QED) is 0.677. The van der Waals surface area contributed by atoms with Gasteiger partial charge in [0, 0.05) is 17.5 Å². The van der Waals surface area contributed by atoms with Gasteiger partial charge in [-0.25, -0.2) is 16.8 Å². The molecule has 1 amide bonds. The van der Waals surface area contributed by atoms with Crippen molar-refractivity contribution in [3.8, 4) is 0 Å². The van der Waals surface area contributed by atoms with Crippen LogP contribution in [0, 0.1) is 0 Å². The summed E-state index contributed by atoms with van der Waals surface area (Å²) in [5.41, 5.74) is 1.59. The summed E-state index contributed by atoms with van der Waals surface area (Å²) in [7, 11) is -6.65. The van der Waals surface area contributed by atoms with Gasteiger partial charge in [-0.2, -0.15) is 0 Å². The highest BCUT2D eigenvalue weighted by atomic mass is 32.2. The van der Waals surface area contributed by atoms with E-state index in [0.29, 0.717) is 17.7 Å². The number of amides is 1. The predicted octanol–water partition coefficient (Wildman–Crippen LogP) is 2.73. The van der Waals surface area contributed by atoms with Gasteiger partial charge in [0.1, 0.15) is 0 Å². The van der Waals surface area contributed by atoms with Crippen LogP contribution in [-0.2, 0) is 19.9 Å². The highest BCUT2D eigenvalue weighted by Gasteiger charge is 2.16. The Morgan fingerprint density at radius 1 is 0.929 bits per heavy atom. The van der Waals surface area contributed by atoms with Crippen molar-refractivity contribution in [3.63, 3.8) is 0 Å². The van der Waals surface area contributed by atoms with Crippen LogP contribution in [-0.4, -0.2) is 34.8 Å². The molecule has 0 saturated carbocycles. The topological polar surface area (TPSA) is 109 Å². The molecule has 0 bridgehead atoms. The van der Waals surface area contributed by atoms with Crippen LogP contribution in [0.15, 0.2) is 53.4 Å². The number of sulfone groups is 1. The van der Waals surface area contributed by atoms with E-state index in [1.54, 1.807) is 24.3 Å². The zero-order valence-electron chi connectivity index (χ0n) is 16.0. The van der Waals surface area contributed by atoms with Crippen molar-refractivity contribution in [1.82, 2.24) is 5.32 Å². The molecule has 0 saturated heterocycles. The summed E-state index contributed by atoms with van der Waals surface area (Å²) >= 11 is 0. The third-order valence-corrected chi connectivity index (χ3v) is 6.66. The Balaban J connectivity index is 2.11. The lowest BCUT2D eigenvalue weighted by Crippen LogP contribution is -2.28. The van der Waals surface area contributed by atoms with Crippen molar-refractivity contribution in [1.29, 1.82) is 0 Å². The number of hydrogen-bond acceptors (Lipinski definition) is 5. The monoisotopic (exact) mass is 424 g/mol. The van der Waals surface area contributed by atoms with Gasteiger partial charge < -0.3 is 5.32 Å². The number of hydrogen-bond donors (Lipinski definition) is 2. The van der Waals surface area contributed by atoms with Gasteiger partial charge in [-0.05, 0) is 55.3 Å². The lowest BCUT2D eigenvalue weighted by atomic mass is 10.0. The molecule has 1 atom stereocenters. The summed E-state index contributed by atoms with van der Waals surface area (Å²) in [5, 5.41) is 2.91. The van der Waals surface area contributed by atoms with Gasteiger partial charge in [0.25, 0.3) is 5.91 Å². The first kappa shape index (κ1) is 21.9. The van der Waals surface area contributed by atoms with Gasteiger partial charge in [0.05, 0.1) is 16.7 Å². The van der Waals surface area contributed by atoms with Crippen LogP contribution in [0.5, 0.6) is 0 Å². The first-order chi connectivity index (χ1) is 13.1. The van der Waals surface area contributed by atoms with Crippen molar-refractivity contribution in [3.05, 3.63) is 59.7 Å². The second-order valence-electron chi connectivity index (χ2n) is 6.36. The molecule has 7 nitrogen and oxygen atoms in total. The molecule has 0 radical (unpaired) electrons. The second kappa shape index (κ2) is 8.74. The number of carbonyl (C=O) groups is 1. The normalized spacial score (nSPS) is 13.0. The van der Waals surface area contributed by atoms with Gasteiger partial charge in [-0.1, -0.05) is 19.1 Å². The first-order valence-corrected chi connectivity index (χ1v) is 12.3. The second-order valence-corrected chi connectivity index (χ2v) is 10.4. The number of sulfonamides is 1. The van der Waals surface area contributed by atoms with Gasteiger partial charge in [0.2, 0.25) is 10.0 Å². The Labute approximate surface area is 166 Å². The molecule has 2 rings (SSSR count). The maximum atomic E-state index is 12.5. The van der Waals surface area contributed by atoms with Gasteiger partial charge in [0.15, 0.2) is 9.84 Å². The Morgan fingerprint density at radius 2 is 1.50 bits per heavy atom. The number of carbonyl (C=O) groups excluding carboxylic acids is 1. The number of nitrogens with one attached hydrogen (secondary N) is 2. The minimum atomic E-state index is -3.37. The fraction of sp³-hybridized carbons (Fsp3) is 0.316. The van der Waals surface area contributed by atoms with Crippen molar-refractivity contribution in [2.45, 2.75) is 31.2 Å². The largest absolute Gasteiger partial charge is 0.345 e. The molecule has 0 fully saturated rings. The average molecular weight is 425 g/mol. The van der Waals surface area contributed by atoms with E-state index in [1.807, 2.05) is 6.92 Å². The van der Waals surface area contributed by atoms with Crippen molar-refractivity contribution in [2.75, 3.05) is 16.7 Å². The van der Waals surface area contributed by atoms with Crippen LogP contribution < -0.4 is 10.0 Å². The molecule has 0 unspecified atom stereocenters. The Hall–Kier alpha value is -2.39. The van der Waals surface area contributed by atoms with E-state index >= 15 is 0 Å². The molecule has 0 aliphatic heterocycles. The Kier molecular flexibility index (Phi) is 6.84. The third-order valence-electron chi connectivity index (χ3n) is 4.22. The smallest absolute Gasteiger partial charge is 0.251 e. The fourth-order valence-corrected chi connectivity index (χ4v) is 3.82. The van der Waals surface area contributed by atoms with E-state index in [0.717, 1.165) is 11.8 Å². The molecule has 28 heavy (non-hydrogen) atoms. The predicted molar refractivity (Wildman–Crippen MR) is 110 cm³/mol. The van der Waals surface area contributed by atoms with E-state index in [1.165, 1.54) is 31.2 Å². The van der Waals surface area contributed by atoms with Crippen LogP contribution >= 0.6 is 0 Å². The SMILES string of the molecule is CC[C@H](NC(=O)c1ccc(NS(=O)(=O)CC)cc1)c1ccc(S(C)(=O)=O)cc1. The van der Waals surface area contributed by atoms with Gasteiger partial charge >= 0.3 is 0 Å². The molecule has 0 aliphatic rings. The Bertz CT molecular complexity index is 1030. The summed E-state index contributed by atoms with van der Waals surface area (Å²) in [6.45, 7) is 3.45. The van der Waals surface area contributed by atoms with E-state index in [4.69, 9.17) is 0 Å². The molecule has 9 heteroatoms. The molecular formula is C19H24N2O5S2. The molecule has 152 valence electrons. The molecule has 0 aromatic heterocycles. The van der Waals surface area contributed by atoms with Crippen molar-refractivity contribution >= 4 is 31.5 Å². The molecule has 2 N–H and O–H groups in total. The zero-order chi connectivity index (χ0) is 20.9. The standard InChI is InChI=1S/C19H24N2O5S2/c1-4-18(14-8-12-17(13-9-14)27(3,23)24)20-19(22)15-6-10-16(11-7-15)21-28(25,26)5-2/h6-13,18,21H,4-5H2,1-3H3,(H,20,22)/t18-/m0/s1. The maximum absolute atomic E-state index is 12.5. The maximum Gasteiger partial charge on any atom is 0.251 e. The van der Waals surface area contributed by atoms with Gasteiger partial charge in [-0.15, -0.1) is 0 Å². The van der Waals surface area contributed by atoms with Crippen molar-refractivity contribution in [2.24, 2.45) is 0 Å². The number of rotatable bonds is 8. The van der Waals surface area contributed by atoms with Crippen molar-refractivity contribution < 1.29 is 21.6 Å². The third kappa shape index (κ3) is 5.80. The van der Waals surface area contributed by atoms with Crippen LogP contribution in [0.4, 0.5) is 5.69 Å². The molecule has 0 spiro atoms. The summed E-state index contributed by atoms with van der Waals surface area (Å²) < 4.78 is 48.7. The summed E-state index contributed by atoms with van der Waals surface area (Å²) in [5.74, 6) is -0.338. The minimum Gasteiger partial charge on any atom is -0.345 e. The minimum absolute atomic E-state index is 0.0362. The summed E-state index contributed by atoms with van der Waals surface area (Å²) in [6, 6.07) is 12.3. The Morgan fingerprint density at radius 3 is 1.96 bits per heavy atom. The lowest BCUT2D eigenvalue weighted by molar-refractivity contribution is 0.0935. The highest BCUT2D eigenvalue weighted by Crippen LogP contribution is 2.20. The number of benzene rings is 2. The first-order valence-electron chi connectivity index (χ1n) is 8.77. The van der Waals surface area contributed by atoms with Gasteiger partial charge in [-0.3, -0.25) is 9.52 Å². The zero-order valence-corrected chi connectivity index (χ0v) is 17.6.